The maximum atomic E-state index is 13.1. The monoisotopic (exact) mass is 438 g/mol. The van der Waals surface area contributed by atoms with Crippen LogP contribution in [0, 0.1) is 13.8 Å². The van der Waals surface area contributed by atoms with E-state index in [1.165, 1.54) is 18.4 Å². The number of sulfonamides is 1. The van der Waals surface area contributed by atoms with Crippen molar-refractivity contribution in [2.75, 3.05) is 25.5 Å². The molecule has 0 bridgehead atoms. The first-order valence-corrected chi connectivity index (χ1v) is 11.6. The van der Waals surface area contributed by atoms with Crippen LogP contribution in [0.3, 0.4) is 0 Å². The fourth-order valence-electron chi connectivity index (χ4n) is 3.88. The minimum Gasteiger partial charge on any atom is -0.308 e. The van der Waals surface area contributed by atoms with E-state index in [9.17, 15) is 13.2 Å². The van der Waals surface area contributed by atoms with Gasteiger partial charge in [0.05, 0.1) is 17.1 Å². The van der Waals surface area contributed by atoms with Crippen LogP contribution in [0.15, 0.2) is 53.4 Å². The first-order valence-electron chi connectivity index (χ1n) is 10.1. The van der Waals surface area contributed by atoms with E-state index in [1.54, 1.807) is 23.1 Å². The smallest absolute Gasteiger partial charge is 0.258 e. The Bertz CT molecular complexity index is 1240. The lowest BCUT2D eigenvalue weighted by molar-refractivity contribution is 0.0989. The Balaban J connectivity index is 1.53. The molecule has 1 aliphatic heterocycles. The van der Waals surface area contributed by atoms with Gasteiger partial charge in [-0.05, 0) is 67.8 Å². The van der Waals surface area contributed by atoms with Crippen LogP contribution >= 0.6 is 0 Å². The molecule has 31 heavy (non-hydrogen) atoms. The molecule has 4 rings (SSSR count). The lowest BCUT2D eigenvalue weighted by Crippen LogP contribution is -2.28. The van der Waals surface area contributed by atoms with Crippen LogP contribution in [-0.4, -0.2) is 49.1 Å². The number of aromatic nitrogens is 2. The fraction of sp³-hybridized carbons (Fsp3) is 0.304. The first kappa shape index (κ1) is 21.3. The summed E-state index contributed by atoms with van der Waals surface area (Å²) in [6.45, 7) is 5.19. The Hall–Kier alpha value is -2.97. The third-order valence-electron chi connectivity index (χ3n) is 5.61. The van der Waals surface area contributed by atoms with Gasteiger partial charge in [0.15, 0.2) is 0 Å². The number of fused-ring (bicyclic) bond motifs is 1. The van der Waals surface area contributed by atoms with Gasteiger partial charge >= 0.3 is 0 Å². The van der Waals surface area contributed by atoms with E-state index in [-0.39, 0.29) is 10.8 Å². The highest BCUT2D eigenvalue weighted by Gasteiger charge is 2.28. The lowest BCUT2D eigenvalue weighted by atomic mass is 10.1. The van der Waals surface area contributed by atoms with Gasteiger partial charge in [-0.15, -0.1) is 0 Å². The number of benzene rings is 2. The molecule has 0 atom stereocenters. The predicted octanol–water partition coefficient (Wildman–Crippen LogP) is 3.00. The lowest BCUT2D eigenvalue weighted by Gasteiger charge is -2.18. The van der Waals surface area contributed by atoms with E-state index in [1.807, 2.05) is 48.9 Å². The minimum atomic E-state index is -3.50. The zero-order chi connectivity index (χ0) is 22.3. The van der Waals surface area contributed by atoms with Crippen molar-refractivity contribution in [2.24, 2.45) is 0 Å². The fourth-order valence-corrected chi connectivity index (χ4v) is 4.83. The zero-order valence-electron chi connectivity index (χ0n) is 18.2. The van der Waals surface area contributed by atoms with Crippen LogP contribution in [0.2, 0.25) is 0 Å². The van der Waals surface area contributed by atoms with Crippen molar-refractivity contribution >= 4 is 21.6 Å². The molecule has 0 aliphatic carbocycles. The van der Waals surface area contributed by atoms with E-state index in [4.69, 9.17) is 0 Å². The van der Waals surface area contributed by atoms with Gasteiger partial charge in [0, 0.05) is 37.6 Å². The summed E-state index contributed by atoms with van der Waals surface area (Å²) in [5.74, 6) is -0.0837. The largest absolute Gasteiger partial charge is 0.308 e. The van der Waals surface area contributed by atoms with E-state index < -0.39 is 10.0 Å². The molecule has 0 saturated heterocycles. The third-order valence-corrected chi connectivity index (χ3v) is 7.42. The first-order chi connectivity index (χ1) is 14.7. The maximum Gasteiger partial charge on any atom is 0.258 e. The molecule has 0 unspecified atom stereocenters. The molecule has 8 heteroatoms. The maximum absolute atomic E-state index is 13.1. The molecule has 3 aromatic rings. The highest BCUT2D eigenvalue weighted by Crippen LogP contribution is 2.32. The van der Waals surface area contributed by atoms with Crippen LogP contribution < -0.4 is 4.90 Å². The molecule has 162 valence electrons. The van der Waals surface area contributed by atoms with Crippen LogP contribution in [-0.2, 0) is 23.0 Å². The summed E-state index contributed by atoms with van der Waals surface area (Å²) in [5, 5.41) is 4.48. The Kier molecular flexibility index (Phi) is 5.45. The summed E-state index contributed by atoms with van der Waals surface area (Å²) in [6.07, 6.45) is 0.633. The molecule has 0 fully saturated rings. The van der Waals surface area contributed by atoms with Crippen molar-refractivity contribution in [1.29, 1.82) is 0 Å². The average molecular weight is 439 g/mol. The number of hydrogen-bond acceptors (Lipinski definition) is 4. The molecule has 2 aromatic carbocycles. The van der Waals surface area contributed by atoms with Crippen molar-refractivity contribution in [3.8, 4) is 0 Å². The van der Waals surface area contributed by atoms with Gasteiger partial charge in [-0.2, -0.15) is 5.10 Å². The third kappa shape index (κ3) is 4.00. The molecule has 0 radical (unpaired) electrons. The summed E-state index contributed by atoms with van der Waals surface area (Å²) in [6, 6.07) is 14.6. The second kappa shape index (κ2) is 7.94. The Morgan fingerprint density at radius 2 is 1.77 bits per heavy atom. The van der Waals surface area contributed by atoms with Crippen molar-refractivity contribution in [3.63, 3.8) is 0 Å². The van der Waals surface area contributed by atoms with Crippen molar-refractivity contribution < 1.29 is 13.2 Å². The molecule has 2 heterocycles. The number of carbonyl (C=O) groups excluding carboxylic acids is 1. The van der Waals surface area contributed by atoms with Crippen molar-refractivity contribution in [2.45, 2.75) is 31.7 Å². The zero-order valence-corrected chi connectivity index (χ0v) is 19.0. The van der Waals surface area contributed by atoms with Gasteiger partial charge in [0.1, 0.15) is 0 Å². The van der Waals surface area contributed by atoms with E-state index in [0.717, 1.165) is 28.2 Å². The molecule has 1 aromatic heterocycles. The topological polar surface area (TPSA) is 75.5 Å². The summed E-state index contributed by atoms with van der Waals surface area (Å²) in [5.41, 5.74) is 5.41. The normalized spacial score (nSPS) is 13.6. The second-order valence-corrected chi connectivity index (χ2v) is 10.2. The average Bonchev–Trinajstić information content (AvgIpc) is 3.29. The number of amides is 1. The van der Waals surface area contributed by atoms with Gasteiger partial charge in [0.2, 0.25) is 10.0 Å². The van der Waals surface area contributed by atoms with E-state index >= 15 is 0 Å². The van der Waals surface area contributed by atoms with Crippen LogP contribution in [0.25, 0.3) is 0 Å². The molecule has 7 nitrogen and oxygen atoms in total. The molecular formula is C23H26N4O3S. The van der Waals surface area contributed by atoms with Gasteiger partial charge < -0.3 is 4.90 Å². The second-order valence-electron chi connectivity index (χ2n) is 8.07. The Labute approximate surface area is 183 Å². The molecule has 1 amide bonds. The van der Waals surface area contributed by atoms with Crippen LogP contribution in [0.1, 0.15) is 32.9 Å². The molecule has 0 saturated carbocycles. The number of hydrogen-bond donors (Lipinski definition) is 0. The molecule has 0 N–H and O–H groups in total. The molecular weight excluding hydrogens is 412 g/mol. The van der Waals surface area contributed by atoms with Gasteiger partial charge in [-0.1, -0.05) is 12.1 Å². The molecule has 1 aliphatic rings. The predicted molar refractivity (Wildman–Crippen MR) is 120 cm³/mol. The summed E-state index contributed by atoms with van der Waals surface area (Å²) in [4.78, 5) is 15.1. The van der Waals surface area contributed by atoms with E-state index in [0.29, 0.717) is 25.1 Å². The highest BCUT2D eigenvalue weighted by molar-refractivity contribution is 7.89. The van der Waals surface area contributed by atoms with Gasteiger partial charge in [-0.3, -0.25) is 9.48 Å². The SMILES string of the molecule is Cc1cc(C)n(Cc2ccc(C(=O)N3CCc4cc(S(=O)(=O)N(C)C)ccc43)cc2)n1. The number of aryl methyl sites for hydroxylation is 2. The number of rotatable bonds is 5. The Morgan fingerprint density at radius 3 is 2.39 bits per heavy atom. The van der Waals surface area contributed by atoms with Crippen LogP contribution in [0.5, 0.6) is 0 Å². The number of carbonyl (C=O) groups is 1. The van der Waals surface area contributed by atoms with Gasteiger partial charge in [0.25, 0.3) is 5.91 Å². The van der Waals surface area contributed by atoms with Gasteiger partial charge in [-0.25, -0.2) is 12.7 Å². The van der Waals surface area contributed by atoms with E-state index in [2.05, 4.69) is 5.10 Å². The highest BCUT2D eigenvalue weighted by atomic mass is 32.2. The number of anilines is 1. The van der Waals surface area contributed by atoms with Crippen molar-refractivity contribution in [1.82, 2.24) is 14.1 Å². The number of nitrogens with zero attached hydrogens (tertiary/aromatic N) is 4. The summed E-state index contributed by atoms with van der Waals surface area (Å²) < 4.78 is 27.9. The summed E-state index contributed by atoms with van der Waals surface area (Å²) in [7, 11) is -0.476. The standard InChI is InChI=1S/C23H26N4O3S/c1-16-13-17(2)27(24-16)15-18-5-7-19(8-6-18)23(28)26-12-11-20-14-21(9-10-22(20)26)31(29,30)25(3)4/h5-10,13-14H,11-12,15H2,1-4H3. The van der Waals surface area contributed by atoms with Crippen LogP contribution in [0.4, 0.5) is 5.69 Å². The Morgan fingerprint density at radius 1 is 1.06 bits per heavy atom. The quantitative estimate of drug-likeness (QED) is 0.614. The van der Waals surface area contributed by atoms with Crippen molar-refractivity contribution in [3.05, 3.63) is 76.6 Å². The minimum absolute atomic E-state index is 0.0837. The summed E-state index contributed by atoms with van der Waals surface area (Å²) >= 11 is 0. The molecule has 0 spiro atoms.